The van der Waals surface area contributed by atoms with E-state index in [2.05, 4.69) is 6.58 Å². The number of fused-ring (bicyclic) bond motifs is 1. The van der Waals surface area contributed by atoms with Gasteiger partial charge in [-0.3, -0.25) is 9.59 Å². The standard InChI is InChI=1S/C21H20O5/c1-3-11-25-18-9-5-4-7-15(18)17(22)12-14-13-26-21-16(20(14)23)8-6-10-19(21)24-2/h3-10,14H,1,11-13H2,2H3. The van der Waals surface area contributed by atoms with E-state index >= 15 is 0 Å². The zero-order valence-electron chi connectivity index (χ0n) is 14.6. The Balaban J connectivity index is 1.79. The van der Waals surface area contributed by atoms with Crippen molar-refractivity contribution in [2.45, 2.75) is 6.42 Å². The first kappa shape index (κ1) is 17.7. The molecule has 0 N–H and O–H groups in total. The Morgan fingerprint density at radius 3 is 2.77 bits per heavy atom. The first-order valence-corrected chi connectivity index (χ1v) is 8.35. The van der Waals surface area contributed by atoms with Gasteiger partial charge in [0.2, 0.25) is 0 Å². The van der Waals surface area contributed by atoms with E-state index in [1.807, 2.05) is 0 Å². The number of carbonyl (C=O) groups is 2. The van der Waals surface area contributed by atoms with E-state index in [-0.39, 0.29) is 24.6 Å². The van der Waals surface area contributed by atoms with E-state index in [0.29, 0.717) is 35.0 Å². The maximum atomic E-state index is 12.8. The SMILES string of the molecule is C=CCOc1ccccc1C(=O)CC1COc2c(OC)cccc2C1=O. The van der Waals surface area contributed by atoms with Crippen LogP contribution in [0, 0.1) is 5.92 Å². The number of hydrogen-bond acceptors (Lipinski definition) is 5. The average molecular weight is 352 g/mol. The molecular formula is C21H20O5. The van der Waals surface area contributed by atoms with Crippen molar-refractivity contribution in [2.24, 2.45) is 5.92 Å². The van der Waals surface area contributed by atoms with Crippen LogP contribution in [0.3, 0.4) is 0 Å². The van der Waals surface area contributed by atoms with Crippen LogP contribution in [-0.4, -0.2) is 31.9 Å². The van der Waals surface area contributed by atoms with Crippen LogP contribution in [0.1, 0.15) is 27.1 Å². The lowest BCUT2D eigenvalue weighted by molar-refractivity contribution is 0.0763. The van der Waals surface area contributed by atoms with Gasteiger partial charge in [-0.15, -0.1) is 0 Å². The van der Waals surface area contributed by atoms with Gasteiger partial charge in [0.15, 0.2) is 23.1 Å². The maximum Gasteiger partial charge on any atom is 0.173 e. The molecule has 0 aliphatic carbocycles. The summed E-state index contributed by atoms with van der Waals surface area (Å²) < 4.78 is 16.5. The second-order valence-corrected chi connectivity index (χ2v) is 5.93. The van der Waals surface area contributed by atoms with Gasteiger partial charge in [-0.2, -0.15) is 0 Å². The second-order valence-electron chi connectivity index (χ2n) is 5.93. The number of ether oxygens (including phenoxy) is 3. The van der Waals surface area contributed by atoms with Gasteiger partial charge in [-0.1, -0.05) is 30.9 Å². The monoisotopic (exact) mass is 352 g/mol. The maximum absolute atomic E-state index is 12.8. The van der Waals surface area contributed by atoms with Gasteiger partial charge in [-0.05, 0) is 24.3 Å². The molecule has 0 bridgehead atoms. The summed E-state index contributed by atoms with van der Waals surface area (Å²) in [6, 6.07) is 12.2. The van der Waals surface area contributed by atoms with Crippen LogP contribution >= 0.6 is 0 Å². The number of para-hydroxylation sites is 2. The highest BCUT2D eigenvalue weighted by molar-refractivity contribution is 6.06. The zero-order valence-corrected chi connectivity index (χ0v) is 14.6. The number of ketones is 2. The normalized spacial score (nSPS) is 15.6. The minimum Gasteiger partial charge on any atom is -0.493 e. The van der Waals surface area contributed by atoms with Crippen molar-refractivity contribution in [2.75, 3.05) is 20.3 Å². The number of methoxy groups -OCH3 is 1. The molecule has 0 spiro atoms. The van der Waals surface area contributed by atoms with Gasteiger partial charge in [0.25, 0.3) is 0 Å². The fraction of sp³-hybridized carbons (Fsp3) is 0.238. The van der Waals surface area contributed by atoms with E-state index in [4.69, 9.17) is 14.2 Å². The number of Topliss-reactive ketones (excluding diaryl/α,β-unsaturated/α-hetero) is 2. The zero-order chi connectivity index (χ0) is 18.5. The fourth-order valence-corrected chi connectivity index (χ4v) is 2.96. The van der Waals surface area contributed by atoms with Crippen molar-refractivity contribution < 1.29 is 23.8 Å². The van der Waals surface area contributed by atoms with Crippen molar-refractivity contribution in [3.8, 4) is 17.2 Å². The molecule has 134 valence electrons. The Bertz CT molecular complexity index is 840. The van der Waals surface area contributed by atoms with Crippen molar-refractivity contribution in [1.29, 1.82) is 0 Å². The summed E-state index contributed by atoms with van der Waals surface area (Å²) in [7, 11) is 1.53. The highest BCUT2D eigenvalue weighted by Crippen LogP contribution is 2.37. The van der Waals surface area contributed by atoms with Crippen LogP contribution in [0.4, 0.5) is 0 Å². The van der Waals surface area contributed by atoms with Gasteiger partial charge in [0.1, 0.15) is 12.4 Å². The summed E-state index contributed by atoms with van der Waals surface area (Å²) in [5, 5.41) is 0. The molecule has 0 fully saturated rings. The summed E-state index contributed by atoms with van der Waals surface area (Å²) in [5.74, 6) is 0.654. The molecule has 0 aromatic heterocycles. The summed E-state index contributed by atoms with van der Waals surface area (Å²) in [5.41, 5.74) is 0.906. The lowest BCUT2D eigenvalue weighted by Gasteiger charge is -2.25. The molecule has 1 atom stereocenters. The topological polar surface area (TPSA) is 61.8 Å². The average Bonchev–Trinajstić information content (AvgIpc) is 2.68. The van der Waals surface area contributed by atoms with Gasteiger partial charge >= 0.3 is 0 Å². The molecule has 1 heterocycles. The largest absolute Gasteiger partial charge is 0.493 e. The number of carbonyl (C=O) groups excluding carboxylic acids is 2. The summed E-state index contributed by atoms with van der Waals surface area (Å²) in [6.07, 6.45) is 1.67. The Kier molecular flexibility index (Phi) is 5.37. The predicted molar refractivity (Wildman–Crippen MR) is 97.4 cm³/mol. The first-order valence-electron chi connectivity index (χ1n) is 8.35. The van der Waals surface area contributed by atoms with E-state index in [1.165, 1.54) is 7.11 Å². The Hall–Kier alpha value is -3.08. The van der Waals surface area contributed by atoms with Crippen LogP contribution in [0.15, 0.2) is 55.1 Å². The van der Waals surface area contributed by atoms with Crippen LogP contribution < -0.4 is 14.2 Å². The van der Waals surface area contributed by atoms with Crippen molar-refractivity contribution in [3.63, 3.8) is 0 Å². The lowest BCUT2D eigenvalue weighted by atomic mass is 9.89. The van der Waals surface area contributed by atoms with Crippen LogP contribution in [0.5, 0.6) is 17.2 Å². The molecule has 2 aromatic rings. The third-order valence-electron chi connectivity index (χ3n) is 4.24. The van der Waals surface area contributed by atoms with Crippen molar-refractivity contribution in [3.05, 3.63) is 66.2 Å². The Morgan fingerprint density at radius 2 is 2.00 bits per heavy atom. The van der Waals surface area contributed by atoms with Gasteiger partial charge < -0.3 is 14.2 Å². The van der Waals surface area contributed by atoms with E-state index < -0.39 is 5.92 Å². The minimum absolute atomic E-state index is 0.0595. The second kappa shape index (κ2) is 7.87. The third kappa shape index (κ3) is 3.47. The summed E-state index contributed by atoms with van der Waals surface area (Å²) >= 11 is 0. The number of hydrogen-bond donors (Lipinski definition) is 0. The number of benzene rings is 2. The van der Waals surface area contributed by atoms with E-state index in [9.17, 15) is 9.59 Å². The highest BCUT2D eigenvalue weighted by Gasteiger charge is 2.32. The first-order chi connectivity index (χ1) is 12.7. The van der Waals surface area contributed by atoms with Crippen LogP contribution in [-0.2, 0) is 0 Å². The lowest BCUT2D eigenvalue weighted by Crippen LogP contribution is -2.30. The molecule has 0 amide bonds. The molecule has 5 heteroatoms. The molecule has 1 unspecified atom stereocenters. The molecule has 2 aromatic carbocycles. The quantitative estimate of drug-likeness (QED) is 0.561. The predicted octanol–water partition coefficient (Wildman–Crippen LogP) is 3.72. The molecule has 5 nitrogen and oxygen atoms in total. The molecule has 1 aliphatic heterocycles. The summed E-state index contributed by atoms with van der Waals surface area (Å²) in [4.78, 5) is 25.5. The van der Waals surface area contributed by atoms with Gasteiger partial charge in [0.05, 0.1) is 30.8 Å². The molecule has 0 saturated heterocycles. The molecule has 0 saturated carbocycles. The third-order valence-corrected chi connectivity index (χ3v) is 4.24. The van der Waals surface area contributed by atoms with E-state index in [1.54, 1.807) is 48.5 Å². The van der Waals surface area contributed by atoms with Crippen LogP contribution in [0.2, 0.25) is 0 Å². The molecular weight excluding hydrogens is 332 g/mol. The number of rotatable bonds is 7. The molecule has 26 heavy (non-hydrogen) atoms. The molecule has 1 aliphatic rings. The highest BCUT2D eigenvalue weighted by atomic mass is 16.5. The summed E-state index contributed by atoms with van der Waals surface area (Å²) in [6.45, 7) is 4.06. The van der Waals surface area contributed by atoms with Crippen LogP contribution in [0.25, 0.3) is 0 Å². The Morgan fingerprint density at radius 1 is 1.23 bits per heavy atom. The van der Waals surface area contributed by atoms with Crippen molar-refractivity contribution >= 4 is 11.6 Å². The minimum atomic E-state index is -0.533. The fourth-order valence-electron chi connectivity index (χ4n) is 2.96. The van der Waals surface area contributed by atoms with Crippen molar-refractivity contribution in [1.82, 2.24) is 0 Å². The molecule has 0 radical (unpaired) electrons. The van der Waals surface area contributed by atoms with Gasteiger partial charge in [0, 0.05) is 6.42 Å². The Labute approximate surface area is 152 Å². The molecule has 3 rings (SSSR count). The van der Waals surface area contributed by atoms with E-state index in [0.717, 1.165) is 0 Å². The van der Waals surface area contributed by atoms with Gasteiger partial charge in [-0.25, -0.2) is 0 Å². The smallest absolute Gasteiger partial charge is 0.173 e.